The SMILES string of the molecule is CCOCCn1nc(C)c2nc(N3C[C@@H](C)N[C@H](C)C3)nc(Nc3ccncn3)c21. The molecule has 0 amide bonds. The van der Waals surface area contributed by atoms with E-state index in [1.54, 1.807) is 6.20 Å². The van der Waals surface area contributed by atoms with E-state index >= 15 is 0 Å². The normalized spacial score (nSPS) is 19.4. The van der Waals surface area contributed by atoms with E-state index in [-0.39, 0.29) is 0 Å². The number of fused-ring (bicyclic) bond motifs is 1. The number of piperazine rings is 1. The molecule has 0 aromatic carbocycles. The van der Waals surface area contributed by atoms with Crippen LogP contribution in [0.1, 0.15) is 26.5 Å². The third-order valence-electron chi connectivity index (χ3n) is 5.06. The number of rotatable bonds is 7. The second-order valence-electron chi connectivity index (χ2n) is 7.67. The molecular weight excluding hydrogens is 382 g/mol. The highest BCUT2D eigenvalue weighted by Crippen LogP contribution is 2.28. The maximum atomic E-state index is 5.54. The van der Waals surface area contributed by atoms with Crippen molar-refractivity contribution in [2.75, 3.05) is 36.5 Å². The topological polar surface area (TPSA) is 106 Å². The van der Waals surface area contributed by atoms with Crippen molar-refractivity contribution >= 4 is 28.6 Å². The smallest absolute Gasteiger partial charge is 0.228 e. The van der Waals surface area contributed by atoms with Gasteiger partial charge in [0, 0.05) is 38.0 Å². The molecule has 1 aliphatic rings. The average Bonchev–Trinajstić information content (AvgIpc) is 3.04. The fraction of sp³-hybridized carbons (Fsp3) is 0.550. The van der Waals surface area contributed by atoms with E-state index in [1.807, 2.05) is 24.6 Å². The minimum Gasteiger partial charge on any atom is -0.380 e. The van der Waals surface area contributed by atoms with Crippen molar-refractivity contribution in [3.05, 3.63) is 24.3 Å². The Kier molecular flexibility index (Phi) is 6.05. The second kappa shape index (κ2) is 8.88. The molecule has 4 heterocycles. The van der Waals surface area contributed by atoms with Crippen molar-refractivity contribution in [1.82, 2.24) is 35.0 Å². The summed E-state index contributed by atoms with van der Waals surface area (Å²) in [5, 5.41) is 11.6. The van der Waals surface area contributed by atoms with Crippen LogP contribution in [0, 0.1) is 6.92 Å². The van der Waals surface area contributed by atoms with Crippen molar-refractivity contribution in [2.45, 2.75) is 46.3 Å². The Morgan fingerprint density at radius 3 is 2.73 bits per heavy atom. The fourth-order valence-electron chi connectivity index (χ4n) is 3.88. The molecule has 0 radical (unpaired) electrons. The average molecular weight is 412 g/mol. The van der Waals surface area contributed by atoms with Crippen molar-refractivity contribution in [1.29, 1.82) is 0 Å². The Morgan fingerprint density at radius 2 is 2.03 bits per heavy atom. The summed E-state index contributed by atoms with van der Waals surface area (Å²) in [6, 6.07) is 2.54. The van der Waals surface area contributed by atoms with Gasteiger partial charge in [-0.15, -0.1) is 0 Å². The van der Waals surface area contributed by atoms with Crippen LogP contribution in [-0.2, 0) is 11.3 Å². The number of nitrogens with zero attached hydrogens (tertiary/aromatic N) is 7. The van der Waals surface area contributed by atoms with E-state index in [9.17, 15) is 0 Å². The fourth-order valence-corrected chi connectivity index (χ4v) is 3.88. The van der Waals surface area contributed by atoms with E-state index in [4.69, 9.17) is 19.8 Å². The molecule has 10 nitrogen and oxygen atoms in total. The summed E-state index contributed by atoms with van der Waals surface area (Å²) < 4.78 is 7.45. The van der Waals surface area contributed by atoms with Crippen LogP contribution in [0.3, 0.4) is 0 Å². The number of ether oxygens (including phenoxy) is 1. The molecule has 1 fully saturated rings. The van der Waals surface area contributed by atoms with Crippen molar-refractivity contribution in [3.8, 4) is 0 Å². The lowest BCUT2D eigenvalue weighted by Gasteiger charge is -2.36. The summed E-state index contributed by atoms with van der Waals surface area (Å²) in [4.78, 5) is 20.3. The number of hydrogen-bond donors (Lipinski definition) is 2. The Labute approximate surface area is 176 Å². The molecule has 2 atom stereocenters. The summed E-state index contributed by atoms with van der Waals surface area (Å²) in [6.07, 6.45) is 3.21. The Hall–Kier alpha value is -2.85. The maximum Gasteiger partial charge on any atom is 0.228 e. The summed E-state index contributed by atoms with van der Waals surface area (Å²) in [5.41, 5.74) is 2.56. The van der Waals surface area contributed by atoms with E-state index in [0.717, 1.165) is 29.8 Å². The van der Waals surface area contributed by atoms with E-state index in [1.165, 1.54) is 6.33 Å². The molecular formula is C20H29N9O. The largest absolute Gasteiger partial charge is 0.380 e. The molecule has 0 aliphatic carbocycles. The van der Waals surface area contributed by atoms with E-state index in [0.29, 0.717) is 49.4 Å². The second-order valence-corrected chi connectivity index (χ2v) is 7.67. The first-order chi connectivity index (χ1) is 14.5. The molecule has 0 unspecified atom stereocenters. The lowest BCUT2D eigenvalue weighted by atomic mass is 10.1. The van der Waals surface area contributed by atoms with Crippen LogP contribution in [0.2, 0.25) is 0 Å². The predicted octanol–water partition coefficient (Wildman–Crippen LogP) is 1.89. The molecule has 10 heteroatoms. The minimum absolute atomic E-state index is 0.362. The molecule has 1 saturated heterocycles. The van der Waals surface area contributed by atoms with Gasteiger partial charge in [-0.2, -0.15) is 10.1 Å². The molecule has 3 aromatic rings. The van der Waals surface area contributed by atoms with Gasteiger partial charge in [0.2, 0.25) is 5.95 Å². The van der Waals surface area contributed by atoms with Crippen molar-refractivity contribution in [3.63, 3.8) is 0 Å². The highest BCUT2D eigenvalue weighted by atomic mass is 16.5. The van der Waals surface area contributed by atoms with Crippen LogP contribution >= 0.6 is 0 Å². The third kappa shape index (κ3) is 4.34. The Bertz CT molecular complexity index is 981. The molecule has 3 aromatic heterocycles. The van der Waals surface area contributed by atoms with Gasteiger partial charge in [0.1, 0.15) is 23.2 Å². The van der Waals surface area contributed by atoms with Gasteiger partial charge in [0.15, 0.2) is 5.82 Å². The van der Waals surface area contributed by atoms with Gasteiger partial charge in [-0.1, -0.05) is 0 Å². The van der Waals surface area contributed by atoms with Gasteiger partial charge < -0.3 is 20.3 Å². The van der Waals surface area contributed by atoms with Gasteiger partial charge >= 0.3 is 0 Å². The van der Waals surface area contributed by atoms with Crippen LogP contribution < -0.4 is 15.5 Å². The van der Waals surface area contributed by atoms with E-state index in [2.05, 4.69) is 39.3 Å². The van der Waals surface area contributed by atoms with Gasteiger partial charge in [-0.25, -0.2) is 15.0 Å². The lowest BCUT2D eigenvalue weighted by Crippen LogP contribution is -2.54. The Balaban J connectivity index is 1.78. The van der Waals surface area contributed by atoms with E-state index < -0.39 is 0 Å². The van der Waals surface area contributed by atoms with Gasteiger partial charge in [-0.05, 0) is 33.8 Å². The first kappa shape index (κ1) is 20.4. The number of hydrogen-bond acceptors (Lipinski definition) is 9. The molecule has 30 heavy (non-hydrogen) atoms. The number of nitrogens with one attached hydrogen (secondary N) is 2. The first-order valence-corrected chi connectivity index (χ1v) is 10.4. The van der Waals surface area contributed by atoms with Gasteiger partial charge in [-0.3, -0.25) is 4.68 Å². The lowest BCUT2D eigenvalue weighted by molar-refractivity contribution is 0.137. The molecule has 4 rings (SSSR count). The number of anilines is 3. The molecule has 1 aliphatic heterocycles. The molecule has 0 saturated carbocycles. The van der Waals surface area contributed by atoms with Crippen molar-refractivity contribution < 1.29 is 4.74 Å². The van der Waals surface area contributed by atoms with Gasteiger partial charge in [0.25, 0.3) is 0 Å². The molecule has 2 N–H and O–H groups in total. The van der Waals surface area contributed by atoms with Crippen LogP contribution in [0.4, 0.5) is 17.6 Å². The number of aromatic nitrogens is 6. The monoisotopic (exact) mass is 411 g/mol. The summed E-state index contributed by atoms with van der Waals surface area (Å²) in [7, 11) is 0. The highest BCUT2D eigenvalue weighted by Gasteiger charge is 2.25. The predicted molar refractivity (Wildman–Crippen MR) is 116 cm³/mol. The minimum atomic E-state index is 0.362. The summed E-state index contributed by atoms with van der Waals surface area (Å²) in [6.45, 7) is 11.9. The standard InChI is InChI=1S/C20H29N9O/c1-5-30-9-8-29-18-17(15(4)27-29)25-20(28-10-13(2)23-14(3)11-28)26-19(18)24-16-6-7-21-12-22-16/h6-7,12-14,23H,5,8-11H2,1-4H3,(H,21,22,24,25,26)/t13-,14-/m1/s1. The van der Waals surface area contributed by atoms with Crippen LogP contribution in [0.5, 0.6) is 0 Å². The molecule has 0 spiro atoms. The molecule has 160 valence electrons. The molecule has 0 bridgehead atoms. The van der Waals surface area contributed by atoms with Crippen LogP contribution in [0.15, 0.2) is 18.6 Å². The van der Waals surface area contributed by atoms with Crippen LogP contribution in [-0.4, -0.2) is 68.1 Å². The first-order valence-electron chi connectivity index (χ1n) is 10.4. The Morgan fingerprint density at radius 1 is 1.23 bits per heavy atom. The zero-order chi connectivity index (χ0) is 21.1. The van der Waals surface area contributed by atoms with Gasteiger partial charge in [0.05, 0.1) is 18.8 Å². The highest BCUT2D eigenvalue weighted by molar-refractivity contribution is 5.90. The zero-order valence-corrected chi connectivity index (χ0v) is 18.0. The quantitative estimate of drug-likeness (QED) is 0.564. The third-order valence-corrected chi connectivity index (χ3v) is 5.06. The zero-order valence-electron chi connectivity index (χ0n) is 18.0. The van der Waals surface area contributed by atoms with Crippen LogP contribution in [0.25, 0.3) is 11.0 Å². The summed E-state index contributed by atoms with van der Waals surface area (Å²) >= 11 is 0. The summed E-state index contributed by atoms with van der Waals surface area (Å²) in [5.74, 6) is 2.06. The maximum absolute atomic E-state index is 5.54. The van der Waals surface area contributed by atoms with Crippen molar-refractivity contribution in [2.24, 2.45) is 0 Å². The number of aryl methyl sites for hydroxylation is 1.